The molecular weight excluding hydrogens is 198 g/mol. The Morgan fingerprint density at radius 1 is 0.938 bits per heavy atom. The molecule has 2 heteroatoms. The van der Waals surface area contributed by atoms with Gasteiger partial charge in [0.05, 0.1) is 6.61 Å². The molecule has 0 aliphatic rings. The van der Waals surface area contributed by atoms with Gasteiger partial charge in [-0.15, -0.1) is 0 Å². The molecule has 0 saturated carbocycles. The number of nitrogens with two attached hydrogens (primary N) is 1. The van der Waals surface area contributed by atoms with Gasteiger partial charge in [0.1, 0.15) is 0 Å². The molecule has 0 fully saturated rings. The Kier molecular flexibility index (Phi) is 3.34. The van der Waals surface area contributed by atoms with E-state index in [9.17, 15) is 0 Å². The standard InChI is InChI=1S/C14H15NO/c15-9-13-3-1-2-4-14(13)12-7-5-11(10-16)6-8-12/h1-8,16H,9-10,15H2. The largest absolute Gasteiger partial charge is 0.392 e. The molecule has 0 spiro atoms. The highest BCUT2D eigenvalue weighted by molar-refractivity contribution is 5.67. The number of hydrogen-bond donors (Lipinski definition) is 2. The number of rotatable bonds is 3. The van der Waals surface area contributed by atoms with E-state index in [2.05, 4.69) is 6.07 Å². The van der Waals surface area contributed by atoms with Gasteiger partial charge in [-0.2, -0.15) is 0 Å². The van der Waals surface area contributed by atoms with E-state index in [1.165, 1.54) is 0 Å². The van der Waals surface area contributed by atoms with Crippen LogP contribution in [0, 0.1) is 0 Å². The van der Waals surface area contributed by atoms with Crippen LogP contribution in [-0.4, -0.2) is 5.11 Å². The lowest BCUT2D eigenvalue weighted by atomic mass is 9.99. The van der Waals surface area contributed by atoms with Gasteiger partial charge in [0.2, 0.25) is 0 Å². The number of benzene rings is 2. The first-order chi connectivity index (χ1) is 7.85. The first-order valence-electron chi connectivity index (χ1n) is 5.33. The second-order valence-electron chi connectivity index (χ2n) is 3.72. The van der Waals surface area contributed by atoms with Crippen molar-refractivity contribution in [2.45, 2.75) is 13.2 Å². The summed E-state index contributed by atoms with van der Waals surface area (Å²) < 4.78 is 0. The monoisotopic (exact) mass is 213 g/mol. The molecule has 0 aliphatic heterocycles. The van der Waals surface area contributed by atoms with E-state index in [4.69, 9.17) is 10.8 Å². The first-order valence-corrected chi connectivity index (χ1v) is 5.33. The maximum absolute atomic E-state index is 8.98. The average Bonchev–Trinajstić information content (AvgIpc) is 2.39. The minimum Gasteiger partial charge on any atom is -0.392 e. The van der Waals surface area contributed by atoms with Crippen LogP contribution in [0.3, 0.4) is 0 Å². The SMILES string of the molecule is NCc1ccccc1-c1ccc(CO)cc1. The topological polar surface area (TPSA) is 46.2 Å². The average molecular weight is 213 g/mol. The summed E-state index contributed by atoms with van der Waals surface area (Å²) in [5, 5.41) is 8.98. The second kappa shape index (κ2) is 4.92. The maximum Gasteiger partial charge on any atom is 0.0681 e. The number of aliphatic hydroxyl groups excluding tert-OH is 1. The normalized spacial score (nSPS) is 10.4. The van der Waals surface area contributed by atoms with Crippen molar-refractivity contribution >= 4 is 0 Å². The summed E-state index contributed by atoms with van der Waals surface area (Å²) in [6.45, 7) is 0.622. The number of aliphatic hydroxyl groups is 1. The van der Waals surface area contributed by atoms with Crippen molar-refractivity contribution < 1.29 is 5.11 Å². The van der Waals surface area contributed by atoms with E-state index in [0.29, 0.717) is 6.54 Å². The van der Waals surface area contributed by atoms with Crippen LogP contribution in [-0.2, 0) is 13.2 Å². The van der Waals surface area contributed by atoms with Gasteiger partial charge in [0.15, 0.2) is 0 Å². The molecule has 0 aliphatic carbocycles. The van der Waals surface area contributed by atoms with Gasteiger partial charge in [0.25, 0.3) is 0 Å². The third-order valence-corrected chi connectivity index (χ3v) is 2.68. The van der Waals surface area contributed by atoms with E-state index >= 15 is 0 Å². The van der Waals surface area contributed by atoms with Gasteiger partial charge in [-0.1, -0.05) is 48.5 Å². The summed E-state index contributed by atoms with van der Waals surface area (Å²) in [5.74, 6) is 0. The molecule has 2 aromatic carbocycles. The Morgan fingerprint density at radius 2 is 1.62 bits per heavy atom. The quantitative estimate of drug-likeness (QED) is 0.821. The third-order valence-electron chi connectivity index (χ3n) is 2.68. The van der Waals surface area contributed by atoms with Crippen LogP contribution in [0.2, 0.25) is 0 Å². The summed E-state index contributed by atoms with van der Waals surface area (Å²) in [4.78, 5) is 0. The van der Waals surface area contributed by atoms with Crippen molar-refractivity contribution in [1.82, 2.24) is 0 Å². The molecule has 16 heavy (non-hydrogen) atoms. The van der Waals surface area contributed by atoms with Crippen LogP contribution in [0.15, 0.2) is 48.5 Å². The Hall–Kier alpha value is -1.64. The van der Waals surface area contributed by atoms with E-state index in [1.54, 1.807) is 0 Å². The van der Waals surface area contributed by atoms with Crippen LogP contribution in [0.25, 0.3) is 11.1 Å². The zero-order chi connectivity index (χ0) is 11.4. The number of hydrogen-bond acceptors (Lipinski definition) is 2. The van der Waals surface area contributed by atoms with E-state index in [-0.39, 0.29) is 6.61 Å². The Bertz CT molecular complexity index is 462. The Balaban J connectivity index is 2.42. The molecule has 0 saturated heterocycles. The molecule has 2 aromatic rings. The lowest BCUT2D eigenvalue weighted by molar-refractivity contribution is 0.282. The Morgan fingerprint density at radius 3 is 2.25 bits per heavy atom. The van der Waals surface area contributed by atoms with Crippen LogP contribution in [0.5, 0.6) is 0 Å². The summed E-state index contributed by atoms with van der Waals surface area (Å²) in [5.41, 5.74) is 10.1. The minimum absolute atomic E-state index is 0.0822. The fourth-order valence-electron chi connectivity index (χ4n) is 1.77. The molecule has 2 nitrogen and oxygen atoms in total. The predicted octanol–water partition coefficient (Wildman–Crippen LogP) is 2.30. The predicted molar refractivity (Wildman–Crippen MR) is 65.7 cm³/mol. The highest BCUT2D eigenvalue weighted by atomic mass is 16.3. The van der Waals surface area contributed by atoms with Crippen molar-refractivity contribution in [2.24, 2.45) is 5.73 Å². The summed E-state index contributed by atoms with van der Waals surface area (Å²) in [6.07, 6.45) is 0. The Labute approximate surface area is 95.4 Å². The van der Waals surface area contributed by atoms with Crippen LogP contribution >= 0.6 is 0 Å². The summed E-state index contributed by atoms with van der Waals surface area (Å²) in [6, 6.07) is 16.0. The highest BCUT2D eigenvalue weighted by Crippen LogP contribution is 2.23. The maximum atomic E-state index is 8.98. The molecule has 82 valence electrons. The first kappa shape index (κ1) is 10.9. The van der Waals surface area contributed by atoms with Crippen molar-refractivity contribution in [3.63, 3.8) is 0 Å². The van der Waals surface area contributed by atoms with Gasteiger partial charge in [-0.05, 0) is 22.3 Å². The van der Waals surface area contributed by atoms with Gasteiger partial charge >= 0.3 is 0 Å². The molecule has 0 heterocycles. The summed E-state index contributed by atoms with van der Waals surface area (Å²) >= 11 is 0. The van der Waals surface area contributed by atoms with E-state index in [0.717, 1.165) is 22.3 Å². The van der Waals surface area contributed by atoms with E-state index in [1.807, 2.05) is 42.5 Å². The van der Waals surface area contributed by atoms with Gasteiger partial charge in [-0.3, -0.25) is 0 Å². The minimum atomic E-state index is 0.0822. The van der Waals surface area contributed by atoms with Crippen LogP contribution in [0.4, 0.5) is 0 Å². The molecule has 0 unspecified atom stereocenters. The van der Waals surface area contributed by atoms with Crippen molar-refractivity contribution in [3.05, 3.63) is 59.7 Å². The smallest absolute Gasteiger partial charge is 0.0681 e. The molecule has 2 rings (SSSR count). The zero-order valence-electron chi connectivity index (χ0n) is 9.06. The fraction of sp³-hybridized carbons (Fsp3) is 0.143. The third kappa shape index (κ3) is 2.13. The summed E-state index contributed by atoms with van der Waals surface area (Å²) in [7, 11) is 0. The molecule has 0 radical (unpaired) electrons. The highest BCUT2D eigenvalue weighted by Gasteiger charge is 2.02. The van der Waals surface area contributed by atoms with Crippen molar-refractivity contribution in [1.29, 1.82) is 0 Å². The van der Waals surface area contributed by atoms with Gasteiger partial charge < -0.3 is 10.8 Å². The van der Waals surface area contributed by atoms with Crippen LogP contribution < -0.4 is 5.73 Å². The fourth-order valence-corrected chi connectivity index (χ4v) is 1.77. The molecule has 0 amide bonds. The van der Waals surface area contributed by atoms with Crippen LogP contribution in [0.1, 0.15) is 11.1 Å². The van der Waals surface area contributed by atoms with Crippen molar-refractivity contribution in [2.75, 3.05) is 0 Å². The molecule has 0 aromatic heterocycles. The zero-order valence-corrected chi connectivity index (χ0v) is 9.06. The molecule has 0 bridgehead atoms. The van der Waals surface area contributed by atoms with Gasteiger partial charge in [-0.25, -0.2) is 0 Å². The van der Waals surface area contributed by atoms with Gasteiger partial charge in [0, 0.05) is 6.54 Å². The van der Waals surface area contributed by atoms with E-state index < -0.39 is 0 Å². The lowest BCUT2D eigenvalue weighted by Crippen LogP contribution is -1.98. The second-order valence-corrected chi connectivity index (χ2v) is 3.72. The van der Waals surface area contributed by atoms with Crippen molar-refractivity contribution in [3.8, 4) is 11.1 Å². The molecular formula is C14H15NO. The molecule has 3 N–H and O–H groups in total. The molecule has 0 atom stereocenters. The lowest BCUT2D eigenvalue weighted by Gasteiger charge is -2.08.